The molecule has 7 rings (SSSR count). The molecule has 6 aromatic carbocycles. The second-order valence-electron chi connectivity index (χ2n) is 12.4. The van der Waals surface area contributed by atoms with Gasteiger partial charge in [-0.15, -0.1) is 23.1 Å². The highest BCUT2D eigenvalue weighted by Gasteiger charge is 2.24. The van der Waals surface area contributed by atoms with Crippen LogP contribution in [0.15, 0.2) is 162 Å². The maximum absolute atomic E-state index is 14.0. The van der Waals surface area contributed by atoms with E-state index in [1.54, 1.807) is 56.7 Å². The van der Waals surface area contributed by atoms with Crippen molar-refractivity contribution in [2.45, 2.75) is 10.1 Å². The van der Waals surface area contributed by atoms with Gasteiger partial charge in [0.1, 0.15) is 10.9 Å². The number of fused-ring (bicyclic) bond motifs is 1. The summed E-state index contributed by atoms with van der Waals surface area (Å²) in [6, 6.07) is 44.7. The number of methoxy groups -OCH3 is 2. The quantitative estimate of drug-likeness (QED) is 0.0788. The van der Waals surface area contributed by atoms with Gasteiger partial charge in [0.15, 0.2) is 16.6 Å². The van der Waals surface area contributed by atoms with Gasteiger partial charge in [-0.25, -0.2) is 4.98 Å². The van der Waals surface area contributed by atoms with Gasteiger partial charge in [-0.2, -0.15) is 0 Å². The maximum Gasteiger partial charge on any atom is 0.272 e. The third-order valence-corrected chi connectivity index (χ3v) is 10.8. The van der Waals surface area contributed by atoms with Crippen molar-refractivity contribution in [2.75, 3.05) is 24.9 Å². The van der Waals surface area contributed by atoms with Gasteiger partial charge in [-0.3, -0.25) is 14.4 Å². The number of nitrogens with zero attached hydrogens (tertiary/aromatic N) is 1. The molecule has 56 heavy (non-hydrogen) atoms. The predicted molar refractivity (Wildman–Crippen MR) is 225 cm³/mol. The number of aromatic nitrogens is 1. The van der Waals surface area contributed by atoms with Crippen LogP contribution in [0.2, 0.25) is 0 Å². The normalized spacial score (nSPS) is 11.7. The highest BCUT2D eigenvalue weighted by Crippen LogP contribution is 2.38. The van der Waals surface area contributed by atoms with Gasteiger partial charge in [-0.1, -0.05) is 97.1 Å². The number of thioether (sulfide) groups is 1. The molecule has 9 nitrogen and oxygen atoms in total. The Labute approximate surface area is 332 Å². The van der Waals surface area contributed by atoms with E-state index in [1.165, 1.54) is 23.1 Å². The predicted octanol–water partition coefficient (Wildman–Crippen LogP) is 9.86. The van der Waals surface area contributed by atoms with Crippen LogP contribution in [0.3, 0.4) is 0 Å². The number of benzene rings is 6. The van der Waals surface area contributed by atoms with E-state index in [0.29, 0.717) is 33.6 Å². The van der Waals surface area contributed by atoms with Crippen LogP contribution >= 0.6 is 23.1 Å². The highest BCUT2D eigenvalue weighted by atomic mass is 32.2. The number of rotatable bonds is 13. The van der Waals surface area contributed by atoms with Gasteiger partial charge in [0.05, 0.1) is 19.9 Å². The minimum Gasteiger partial charge on any atom is -0.493 e. The zero-order valence-corrected chi connectivity index (χ0v) is 32.0. The lowest BCUT2D eigenvalue weighted by atomic mass is 10.0. The van der Waals surface area contributed by atoms with Crippen molar-refractivity contribution in [1.82, 2.24) is 10.3 Å². The molecule has 0 saturated carbocycles. The van der Waals surface area contributed by atoms with Gasteiger partial charge < -0.3 is 25.4 Å². The summed E-state index contributed by atoms with van der Waals surface area (Å²) in [5, 5.41) is 12.4. The van der Waals surface area contributed by atoms with Crippen LogP contribution in [0.1, 0.15) is 26.7 Å². The Hall–Kier alpha value is -6.69. The number of anilines is 2. The van der Waals surface area contributed by atoms with E-state index in [4.69, 9.17) is 9.47 Å². The molecule has 1 aromatic heterocycles. The topological polar surface area (TPSA) is 119 Å². The first kappa shape index (κ1) is 37.6. The second-order valence-corrected chi connectivity index (χ2v) is 14.5. The molecule has 278 valence electrons. The molecular formula is C45H36N4O5S2. The SMILES string of the molecule is COc1ccc(-c2csc(NC(=O)C(Sc3cccc(NC(=O)/C(=C\c4cccc5ccccc45)NC(=O)c4ccccc4)c3)c3ccccc3)n2)cc1OC. The first-order valence-corrected chi connectivity index (χ1v) is 19.3. The van der Waals surface area contributed by atoms with Crippen LogP contribution in [0, 0.1) is 0 Å². The smallest absolute Gasteiger partial charge is 0.272 e. The molecule has 0 radical (unpaired) electrons. The average Bonchev–Trinajstić information content (AvgIpc) is 3.71. The summed E-state index contributed by atoms with van der Waals surface area (Å²) in [6.07, 6.45) is 1.68. The van der Waals surface area contributed by atoms with Crippen molar-refractivity contribution >= 4 is 68.5 Å². The number of amides is 3. The summed E-state index contributed by atoms with van der Waals surface area (Å²) in [5.41, 5.74) is 4.07. The Balaban J connectivity index is 1.12. The Kier molecular flexibility index (Phi) is 11.8. The van der Waals surface area contributed by atoms with Crippen molar-refractivity contribution in [2.24, 2.45) is 0 Å². The molecule has 11 heteroatoms. The third kappa shape index (κ3) is 8.98. The fourth-order valence-electron chi connectivity index (χ4n) is 5.99. The van der Waals surface area contributed by atoms with Gasteiger partial charge in [0.25, 0.3) is 11.8 Å². The first-order valence-electron chi connectivity index (χ1n) is 17.6. The van der Waals surface area contributed by atoms with Crippen LogP contribution in [0.4, 0.5) is 10.8 Å². The molecule has 0 aliphatic heterocycles. The molecule has 1 atom stereocenters. The molecule has 0 bridgehead atoms. The van der Waals surface area contributed by atoms with Crippen molar-refractivity contribution in [3.05, 3.63) is 173 Å². The Morgan fingerprint density at radius 3 is 2.23 bits per heavy atom. The van der Waals surface area contributed by atoms with Crippen LogP contribution in [0.25, 0.3) is 28.1 Å². The van der Waals surface area contributed by atoms with Crippen molar-refractivity contribution in [3.8, 4) is 22.8 Å². The molecular weight excluding hydrogens is 741 g/mol. The summed E-state index contributed by atoms with van der Waals surface area (Å²) in [5.74, 6) is 0.0171. The molecule has 0 spiro atoms. The summed E-state index contributed by atoms with van der Waals surface area (Å²) in [6.45, 7) is 0. The first-order chi connectivity index (χ1) is 27.4. The number of ether oxygens (including phenoxy) is 2. The average molecular weight is 777 g/mol. The molecule has 0 saturated heterocycles. The largest absolute Gasteiger partial charge is 0.493 e. The van der Waals surface area contributed by atoms with E-state index in [-0.39, 0.29) is 11.6 Å². The number of hydrogen-bond donors (Lipinski definition) is 3. The van der Waals surface area contributed by atoms with Gasteiger partial charge in [0.2, 0.25) is 5.91 Å². The minimum atomic E-state index is -0.650. The zero-order valence-electron chi connectivity index (χ0n) is 30.4. The monoisotopic (exact) mass is 776 g/mol. The number of carbonyl (C=O) groups excluding carboxylic acids is 3. The summed E-state index contributed by atoms with van der Waals surface area (Å²) >= 11 is 2.67. The Morgan fingerprint density at radius 1 is 0.732 bits per heavy atom. The summed E-state index contributed by atoms with van der Waals surface area (Å²) in [7, 11) is 3.16. The number of hydrogen-bond acceptors (Lipinski definition) is 8. The molecule has 1 heterocycles. The van der Waals surface area contributed by atoms with E-state index >= 15 is 0 Å². The Morgan fingerprint density at radius 2 is 1.45 bits per heavy atom. The summed E-state index contributed by atoms with van der Waals surface area (Å²) < 4.78 is 10.8. The third-order valence-electron chi connectivity index (χ3n) is 8.75. The molecule has 0 aliphatic rings. The van der Waals surface area contributed by atoms with Gasteiger partial charge in [-0.05, 0) is 76.5 Å². The summed E-state index contributed by atoms with van der Waals surface area (Å²) in [4.78, 5) is 46.7. The molecule has 1 unspecified atom stereocenters. The molecule has 3 N–H and O–H groups in total. The van der Waals surface area contributed by atoms with Crippen LogP contribution in [-0.4, -0.2) is 36.9 Å². The van der Waals surface area contributed by atoms with Crippen LogP contribution in [0.5, 0.6) is 11.5 Å². The van der Waals surface area contributed by atoms with Crippen LogP contribution in [-0.2, 0) is 9.59 Å². The fraction of sp³-hybridized carbons (Fsp3) is 0.0667. The van der Waals surface area contributed by atoms with E-state index in [1.807, 2.05) is 115 Å². The van der Waals surface area contributed by atoms with E-state index < -0.39 is 17.1 Å². The minimum absolute atomic E-state index is 0.0747. The van der Waals surface area contributed by atoms with E-state index in [0.717, 1.165) is 32.4 Å². The molecule has 0 aliphatic carbocycles. The number of nitrogens with one attached hydrogen (secondary N) is 3. The van der Waals surface area contributed by atoms with Gasteiger partial charge >= 0.3 is 0 Å². The highest BCUT2D eigenvalue weighted by molar-refractivity contribution is 8.00. The molecule has 3 amide bonds. The molecule has 7 aromatic rings. The second kappa shape index (κ2) is 17.6. The van der Waals surface area contributed by atoms with Crippen molar-refractivity contribution in [3.63, 3.8) is 0 Å². The lowest BCUT2D eigenvalue weighted by molar-refractivity contribution is -0.116. The Bertz CT molecular complexity index is 2530. The van der Waals surface area contributed by atoms with E-state index in [9.17, 15) is 14.4 Å². The standard InChI is InChI=1S/C45H36N4O5S2/c1-53-39-24-23-33(26-40(39)54-2)38-28-55-45(48-38)49-44(52)41(30-14-5-3-6-15-30)56-35-21-12-20-34(27-35)46-43(51)37(47-42(50)31-16-7-4-8-17-31)25-32-19-11-18-29-13-9-10-22-36(29)32/h3-28,41H,1-2H3,(H,46,51)(H,47,50)(H,48,49,52)/b37-25+. The maximum atomic E-state index is 14.0. The van der Waals surface area contributed by atoms with Crippen molar-refractivity contribution in [1.29, 1.82) is 0 Å². The number of carbonyl (C=O) groups is 3. The van der Waals surface area contributed by atoms with Crippen molar-refractivity contribution < 1.29 is 23.9 Å². The van der Waals surface area contributed by atoms with Crippen LogP contribution < -0.4 is 25.4 Å². The lowest BCUT2D eigenvalue weighted by Gasteiger charge is -2.17. The lowest BCUT2D eigenvalue weighted by Crippen LogP contribution is -2.30. The zero-order chi connectivity index (χ0) is 38.9. The fourth-order valence-corrected chi connectivity index (χ4v) is 7.79. The van der Waals surface area contributed by atoms with Gasteiger partial charge in [0, 0.05) is 27.1 Å². The number of thiazole rings is 1. The molecule has 0 fully saturated rings. The van der Waals surface area contributed by atoms with E-state index in [2.05, 4.69) is 20.9 Å².